The van der Waals surface area contributed by atoms with Gasteiger partial charge in [-0.1, -0.05) is 133 Å². The Morgan fingerprint density at radius 1 is 0.236 bits per heavy atom. The van der Waals surface area contributed by atoms with Gasteiger partial charge >= 0.3 is 0 Å². The molecule has 346 valence electrons. The van der Waals surface area contributed by atoms with Gasteiger partial charge in [0, 0.05) is 44.4 Å². The maximum absolute atomic E-state index is 16.6. The van der Waals surface area contributed by atoms with E-state index < -0.39 is 34.9 Å². The second-order valence-corrected chi connectivity index (χ2v) is 17.6. The molecule has 12 aromatic carbocycles. The van der Waals surface area contributed by atoms with Gasteiger partial charge in [0.15, 0.2) is 0 Å². The number of halogens is 6. The molecule has 0 spiro atoms. The van der Waals surface area contributed by atoms with Crippen LogP contribution in [0.4, 0.5) is 60.5 Å². The molecule has 0 bridgehead atoms. The van der Waals surface area contributed by atoms with Gasteiger partial charge in [0.1, 0.15) is 34.9 Å². The fourth-order valence-corrected chi connectivity index (χ4v) is 10.1. The molecule has 0 heterocycles. The van der Waals surface area contributed by atoms with Crippen LogP contribution in [0.5, 0.6) is 0 Å². The minimum atomic E-state index is -0.526. The highest BCUT2D eigenvalue weighted by Gasteiger charge is 2.26. The number of benzene rings is 12. The van der Waals surface area contributed by atoms with E-state index in [1.165, 1.54) is 36.4 Å². The first-order valence-electron chi connectivity index (χ1n) is 23.3. The molecule has 0 aliphatic carbocycles. The summed E-state index contributed by atoms with van der Waals surface area (Å²) >= 11 is 0. The molecule has 0 radical (unpaired) electrons. The summed E-state index contributed by atoms with van der Waals surface area (Å²) in [5.74, 6) is -2.95. The zero-order chi connectivity index (χ0) is 49.0. The van der Waals surface area contributed by atoms with Gasteiger partial charge in [0.2, 0.25) is 0 Å². The van der Waals surface area contributed by atoms with Gasteiger partial charge in [-0.25, -0.2) is 26.3 Å². The molecule has 0 amide bonds. The van der Waals surface area contributed by atoms with Crippen molar-refractivity contribution in [2.75, 3.05) is 9.80 Å². The van der Waals surface area contributed by atoms with E-state index in [0.717, 1.165) is 32.3 Å². The minimum absolute atomic E-state index is 0.199. The van der Waals surface area contributed by atoms with Gasteiger partial charge in [-0.2, -0.15) is 0 Å². The predicted molar refractivity (Wildman–Crippen MR) is 281 cm³/mol. The molecule has 0 unspecified atom stereocenters. The van der Waals surface area contributed by atoms with Crippen molar-refractivity contribution in [2.45, 2.75) is 0 Å². The maximum Gasteiger partial charge on any atom is 0.147 e. The van der Waals surface area contributed by atoms with Crippen LogP contribution in [0.25, 0.3) is 76.8 Å². The molecular weight excluding hydrogens is 911 g/mol. The molecule has 0 saturated heterocycles. The number of para-hydroxylation sites is 2. The number of hydrogen-bond acceptors (Lipinski definition) is 2. The summed E-state index contributed by atoms with van der Waals surface area (Å²) in [4.78, 5) is 3.56. The van der Waals surface area contributed by atoms with Crippen molar-refractivity contribution in [3.05, 3.63) is 265 Å². The lowest BCUT2D eigenvalue weighted by molar-refractivity contribution is 0.628. The molecule has 0 N–H and O–H groups in total. The van der Waals surface area contributed by atoms with Gasteiger partial charge in [-0.3, -0.25) is 0 Å². The standard InChI is InChI=1S/C64H38F6N2/c65-53-17-5-1-13-47(53)41-33-42(48-14-2-6-18-54(48)66)36-45(35-41)71(61-23-11-9-21-57(61)69)59-31-27-39-26-30-52-60(32-28-40-25-29-51(59)63(39)64(40)52)72(62-24-12-10-22-58(62)70)46-37-43(49-15-3-7-19-55(49)67)34-44(38-46)50-16-4-8-20-56(50)68/h1-38H. The number of rotatable bonds is 10. The summed E-state index contributed by atoms with van der Waals surface area (Å²) in [6.45, 7) is 0. The van der Waals surface area contributed by atoms with Crippen molar-refractivity contribution in [2.24, 2.45) is 0 Å². The Bertz CT molecular complexity index is 3670. The first-order valence-corrected chi connectivity index (χ1v) is 23.3. The average Bonchev–Trinajstić information content (AvgIpc) is 3.40. The van der Waals surface area contributed by atoms with E-state index in [0.29, 0.717) is 45.0 Å². The molecule has 72 heavy (non-hydrogen) atoms. The second kappa shape index (κ2) is 18.0. The van der Waals surface area contributed by atoms with Crippen molar-refractivity contribution in [1.82, 2.24) is 0 Å². The van der Waals surface area contributed by atoms with Crippen LogP contribution in [0.3, 0.4) is 0 Å². The van der Waals surface area contributed by atoms with Crippen LogP contribution >= 0.6 is 0 Å². The quantitative estimate of drug-likeness (QED) is 0.0996. The van der Waals surface area contributed by atoms with E-state index in [1.807, 2.05) is 48.5 Å². The fourth-order valence-electron chi connectivity index (χ4n) is 10.1. The topological polar surface area (TPSA) is 6.48 Å². The Hall–Kier alpha value is -9.14. The lowest BCUT2D eigenvalue weighted by Gasteiger charge is -2.30. The molecule has 0 aromatic heterocycles. The summed E-state index contributed by atoms with van der Waals surface area (Å²) in [7, 11) is 0. The third-order valence-electron chi connectivity index (χ3n) is 13.4. The van der Waals surface area contributed by atoms with E-state index >= 15 is 26.3 Å². The summed E-state index contributed by atoms with van der Waals surface area (Å²) in [5, 5.41) is 4.85. The number of hydrogen-bond donors (Lipinski definition) is 0. The van der Waals surface area contributed by atoms with Crippen molar-refractivity contribution in [3.8, 4) is 44.5 Å². The smallest absolute Gasteiger partial charge is 0.147 e. The van der Waals surface area contributed by atoms with Crippen LogP contribution in [0.2, 0.25) is 0 Å². The molecule has 12 aromatic rings. The van der Waals surface area contributed by atoms with Gasteiger partial charge in [0.05, 0.1) is 22.7 Å². The second-order valence-electron chi connectivity index (χ2n) is 17.6. The van der Waals surface area contributed by atoms with Gasteiger partial charge < -0.3 is 9.80 Å². The molecule has 8 heteroatoms. The van der Waals surface area contributed by atoms with Gasteiger partial charge in [0.25, 0.3) is 0 Å². The van der Waals surface area contributed by atoms with E-state index in [9.17, 15) is 0 Å². The van der Waals surface area contributed by atoms with Crippen LogP contribution < -0.4 is 9.80 Å². The number of anilines is 6. The lowest BCUT2D eigenvalue weighted by Crippen LogP contribution is -2.13. The highest BCUT2D eigenvalue weighted by molar-refractivity contribution is 6.28. The largest absolute Gasteiger partial charge is 0.307 e. The Morgan fingerprint density at radius 2 is 0.514 bits per heavy atom. The van der Waals surface area contributed by atoms with Crippen molar-refractivity contribution in [1.29, 1.82) is 0 Å². The summed E-state index contributed by atoms with van der Waals surface area (Å²) in [6.07, 6.45) is 0. The highest BCUT2D eigenvalue weighted by Crippen LogP contribution is 2.50. The Labute approximate surface area is 410 Å². The van der Waals surface area contributed by atoms with Gasteiger partial charge in [-0.15, -0.1) is 0 Å². The third-order valence-corrected chi connectivity index (χ3v) is 13.4. The van der Waals surface area contributed by atoms with Crippen LogP contribution in [0, 0.1) is 34.9 Å². The minimum Gasteiger partial charge on any atom is -0.307 e. The van der Waals surface area contributed by atoms with Crippen LogP contribution in [-0.4, -0.2) is 0 Å². The highest BCUT2D eigenvalue weighted by atomic mass is 19.1. The first kappa shape index (κ1) is 44.1. The predicted octanol–water partition coefficient (Wildman–Crippen LogP) is 19.0. The zero-order valence-electron chi connectivity index (χ0n) is 38.1. The number of nitrogens with zero attached hydrogens (tertiary/aromatic N) is 2. The Morgan fingerprint density at radius 3 is 0.819 bits per heavy atom. The normalized spacial score (nSPS) is 11.5. The molecule has 12 rings (SSSR count). The summed E-state index contributed by atoms with van der Waals surface area (Å²) < 4.78 is 96.0. The Balaban J connectivity index is 1.12. The van der Waals surface area contributed by atoms with Crippen LogP contribution in [0.15, 0.2) is 231 Å². The van der Waals surface area contributed by atoms with Gasteiger partial charge in [-0.05, 0) is 141 Å². The van der Waals surface area contributed by atoms with Crippen LogP contribution in [0.1, 0.15) is 0 Å². The van der Waals surface area contributed by atoms with Crippen molar-refractivity contribution in [3.63, 3.8) is 0 Å². The summed E-state index contributed by atoms with van der Waals surface area (Å²) in [6, 6.07) is 64.5. The van der Waals surface area contributed by atoms with Crippen LogP contribution in [-0.2, 0) is 0 Å². The van der Waals surface area contributed by atoms with E-state index in [4.69, 9.17) is 0 Å². The maximum atomic E-state index is 16.6. The van der Waals surface area contributed by atoms with Crippen molar-refractivity contribution < 1.29 is 26.3 Å². The molecule has 0 saturated carbocycles. The van der Waals surface area contributed by atoms with Crippen molar-refractivity contribution >= 4 is 66.4 Å². The molecule has 2 nitrogen and oxygen atoms in total. The summed E-state index contributed by atoms with van der Waals surface area (Å²) in [5.41, 5.74) is 5.41. The molecule has 0 aliphatic rings. The first-order chi connectivity index (χ1) is 35.2. The molecule has 0 fully saturated rings. The molecule has 0 atom stereocenters. The molecule has 0 aliphatic heterocycles. The SMILES string of the molecule is Fc1ccccc1-c1cc(-c2ccccc2F)cc(N(c2ccccc2F)c2ccc3ccc4c(N(c5cc(-c6ccccc6F)cc(-c6ccccc6F)c5)c5ccccc5F)ccc5ccc2c3c54)c1. The van der Waals surface area contributed by atoms with E-state index in [2.05, 4.69) is 0 Å². The fraction of sp³-hybridized carbons (Fsp3) is 0. The average molecular weight is 949 g/mol. The zero-order valence-corrected chi connectivity index (χ0v) is 38.1. The monoisotopic (exact) mass is 948 g/mol. The van der Waals surface area contributed by atoms with E-state index in [1.54, 1.807) is 155 Å². The lowest BCUT2D eigenvalue weighted by atomic mass is 9.91. The third kappa shape index (κ3) is 7.65. The van der Waals surface area contributed by atoms with E-state index in [-0.39, 0.29) is 33.6 Å². The molecular formula is C64H38F6N2. The Kier molecular flexibility index (Phi) is 11.0.